The average Bonchev–Trinajstić information content (AvgIpc) is 3.02. The third-order valence-electron chi connectivity index (χ3n) is 4.50. The normalized spacial score (nSPS) is 16.3. The molecule has 5 heteroatoms. The number of anilines is 1. The Hall–Kier alpha value is -2.92. The van der Waals surface area contributed by atoms with Gasteiger partial charge in [-0.2, -0.15) is 5.10 Å². The Morgan fingerprint density at radius 3 is 2.76 bits per heavy atom. The van der Waals surface area contributed by atoms with Crippen LogP contribution in [0.15, 0.2) is 60.8 Å². The molecular weight excluding hydrogens is 314 g/mol. The maximum atomic E-state index is 12.8. The molecule has 3 aromatic rings. The molecule has 1 aromatic heterocycles. The van der Waals surface area contributed by atoms with E-state index in [1.54, 1.807) is 6.20 Å². The first kappa shape index (κ1) is 15.6. The van der Waals surface area contributed by atoms with Crippen LogP contribution in [0, 0.1) is 6.92 Å². The van der Waals surface area contributed by atoms with Crippen molar-refractivity contribution >= 4 is 11.6 Å². The lowest BCUT2D eigenvalue weighted by Crippen LogP contribution is -2.28. The number of aromatic nitrogens is 2. The predicted octanol–water partition coefficient (Wildman–Crippen LogP) is 3.43. The maximum absolute atomic E-state index is 12.8. The highest BCUT2D eigenvalue weighted by atomic mass is 16.5. The number of hydrogen-bond acceptors (Lipinski definition) is 3. The summed E-state index contributed by atoms with van der Waals surface area (Å²) in [6.07, 6.45) is 1.93. The number of nitrogens with zero attached hydrogens (tertiary/aromatic N) is 2. The fraction of sp³-hybridized carbons (Fsp3) is 0.200. The van der Waals surface area contributed by atoms with Crippen molar-refractivity contribution < 1.29 is 9.53 Å². The zero-order valence-electron chi connectivity index (χ0n) is 14.0. The van der Waals surface area contributed by atoms with E-state index in [1.165, 1.54) is 5.56 Å². The molecular formula is C20H19N3O2. The average molecular weight is 333 g/mol. The van der Waals surface area contributed by atoms with Crippen molar-refractivity contribution in [3.63, 3.8) is 0 Å². The zero-order valence-corrected chi connectivity index (χ0v) is 14.0. The minimum Gasteiger partial charge on any atom is -0.363 e. The van der Waals surface area contributed by atoms with Crippen LogP contribution in [0.2, 0.25) is 0 Å². The first-order valence-electron chi connectivity index (χ1n) is 8.34. The number of ether oxygens (including phenoxy) is 1. The van der Waals surface area contributed by atoms with Crippen LogP contribution in [0.1, 0.15) is 22.9 Å². The Morgan fingerprint density at radius 1 is 1.16 bits per heavy atom. The molecule has 1 N–H and O–H groups in total. The van der Waals surface area contributed by atoms with Gasteiger partial charge in [0.25, 0.3) is 5.91 Å². The standard InChI is InChI=1S/C20H19N3O2/c1-14-18(13-21-23(14)16-8-3-2-4-9-16)22-20(24)19-17-10-6-5-7-15(17)11-12-25-19/h2-10,13,19H,11-12H2,1H3,(H,22,24)/t19-/m1/s1. The van der Waals surface area contributed by atoms with E-state index in [1.807, 2.05) is 60.1 Å². The highest BCUT2D eigenvalue weighted by Gasteiger charge is 2.27. The highest BCUT2D eigenvalue weighted by molar-refractivity contribution is 5.95. The second-order valence-corrected chi connectivity index (χ2v) is 6.08. The molecule has 0 aliphatic carbocycles. The number of nitrogens with one attached hydrogen (secondary N) is 1. The fourth-order valence-corrected chi connectivity index (χ4v) is 3.17. The number of para-hydroxylation sites is 1. The molecule has 1 amide bonds. The largest absolute Gasteiger partial charge is 0.363 e. The van der Waals surface area contributed by atoms with Crippen LogP contribution in [0.3, 0.4) is 0 Å². The summed E-state index contributed by atoms with van der Waals surface area (Å²) >= 11 is 0. The van der Waals surface area contributed by atoms with Gasteiger partial charge in [0.1, 0.15) is 0 Å². The second-order valence-electron chi connectivity index (χ2n) is 6.08. The van der Waals surface area contributed by atoms with E-state index in [2.05, 4.69) is 16.5 Å². The molecule has 0 unspecified atom stereocenters. The van der Waals surface area contributed by atoms with E-state index in [4.69, 9.17) is 4.74 Å². The van der Waals surface area contributed by atoms with Crippen LogP contribution >= 0.6 is 0 Å². The van der Waals surface area contributed by atoms with Crippen LogP contribution < -0.4 is 5.32 Å². The van der Waals surface area contributed by atoms with Crippen LogP contribution in [-0.2, 0) is 16.0 Å². The molecule has 1 aliphatic heterocycles. The molecule has 0 spiro atoms. The Bertz CT molecular complexity index is 902. The summed E-state index contributed by atoms with van der Waals surface area (Å²) < 4.78 is 7.54. The smallest absolute Gasteiger partial charge is 0.258 e. The number of benzene rings is 2. The summed E-state index contributed by atoms with van der Waals surface area (Å²) in [6, 6.07) is 17.8. The van der Waals surface area contributed by atoms with Gasteiger partial charge in [-0.25, -0.2) is 4.68 Å². The molecule has 4 rings (SSSR count). The van der Waals surface area contributed by atoms with Gasteiger partial charge in [0.05, 0.1) is 29.9 Å². The SMILES string of the molecule is Cc1c(NC(=O)[C@@H]2OCCc3ccccc32)cnn1-c1ccccc1. The molecule has 5 nitrogen and oxygen atoms in total. The van der Waals surface area contributed by atoms with E-state index in [0.717, 1.165) is 23.4 Å². The number of fused-ring (bicyclic) bond motifs is 1. The molecule has 2 aromatic carbocycles. The summed E-state index contributed by atoms with van der Waals surface area (Å²) in [5.41, 5.74) is 4.65. The Balaban J connectivity index is 1.58. The van der Waals surface area contributed by atoms with Gasteiger partial charge < -0.3 is 10.1 Å². The minimum atomic E-state index is -0.579. The van der Waals surface area contributed by atoms with Gasteiger partial charge in [0, 0.05) is 0 Å². The number of carbonyl (C=O) groups is 1. The molecule has 0 saturated heterocycles. The third kappa shape index (κ3) is 2.94. The molecule has 0 saturated carbocycles. The number of carbonyl (C=O) groups excluding carboxylic acids is 1. The third-order valence-corrected chi connectivity index (χ3v) is 4.50. The molecule has 126 valence electrons. The molecule has 0 bridgehead atoms. The van der Waals surface area contributed by atoms with E-state index in [9.17, 15) is 4.79 Å². The van der Waals surface area contributed by atoms with Gasteiger partial charge in [-0.15, -0.1) is 0 Å². The second kappa shape index (κ2) is 6.53. The van der Waals surface area contributed by atoms with E-state index in [0.29, 0.717) is 12.3 Å². The van der Waals surface area contributed by atoms with Gasteiger partial charge in [0.2, 0.25) is 0 Å². The molecule has 1 atom stereocenters. The van der Waals surface area contributed by atoms with Gasteiger partial charge in [0.15, 0.2) is 6.10 Å². The Morgan fingerprint density at radius 2 is 1.92 bits per heavy atom. The van der Waals surface area contributed by atoms with Crippen molar-refractivity contribution in [2.45, 2.75) is 19.4 Å². The van der Waals surface area contributed by atoms with Crippen molar-refractivity contribution in [1.82, 2.24) is 9.78 Å². The Kier molecular flexibility index (Phi) is 4.07. The van der Waals surface area contributed by atoms with E-state index < -0.39 is 6.10 Å². The molecule has 0 radical (unpaired) electrons. The summed E-state index contributed by atoms with van der Waals surface area (Å²) in [5, 5.41) is 7.35. The van der Waals surface area contributed by atoms with Crippen molar-refractivity contribution in [3.8, 4) is 5.69 Å². The lowest BCUT2D eigenvalue weighted by Gasteiger charge is -2.25. The molecule has 1 aliphatic rings. The first-order chi connectivity index (χ1) is 12.2. The van der Waals surface area contributed by atoms with Crippen molar-refractivity contribution in [2.75, 3.05) is 11.9 Å². The van der Waals surface area contributed by atoms with E-state index in [-0.39, 0.29) is 5.91 Å². The van der Waals surface area contributed by atoms with Gasteiger partial charge in [-0.05, 0) is 36.6 Å². The van der Waals surface area contributed by atoms with Crippen molar-refractivity contribution in [2.24, 2.45) is 0 Å². The highest BCUT2D eigenvalue weighted by Crippen LogP contribution is 2.28. The number of amides is 1. The molecule has 25 heavy (non-hydrogen) atoms. The summed E-state index contributed by atoms with van der Waals surface area (Å²) in [5.74, 6) is -0.164. The maximum Gasteiger partial charge on any atom is 0.258 e. The number of hydrogen-bond donors (Lipinski definition) is 1. The summed E-state index contributed by atoms with van der Waals surface area (Å²) in [4.78, 5) is 12.8. The lowest BCUT2D eigenvalue weighted by atomic mass is 9.97. The van der Waals surface area contributed by atoms with Crippen LogP contribution in [-0.4, -0.2) is 22.3 Å². The van der Waals surface area contributed by atoms with E-state index >= 15 is 0 Å². The van der Waals surface area contributed by atoms with Gasteiger partial charge in [-0.3, -0.25) is 4.79 Å². The predicted molar refractivity (Wildman–Crippen MR) is 95.8 cm³/mol. The van der Waals surface area contributed by atoms with Gasteiger partial charge >= 0.3 is 0 Å². The minimum absolute atomic E-state index is 0.164. The topological polar surface area (TPSA) is 56.1 Å². The quantitative estimate of drug-likeness (QED) is 0.799. The monoisotopic (exact) mass is 333 g/mol. The fourth-order valence-electron chi connectivity index (χ4n) is 3.17. The van der Waals surface area contributed by atoms with Crippen LogP contribution in [0.5, 0.6) is 0 Å². The number of rotatable bonds is 3. The van der Waals surface area contributed by atoms with Crippen molar-refractivity contribution in [1.29, 1.82) is 0 Å². The molecule has 0 fully saturated rings. The summed E-state index contributed by atoms with van der Waals surface area (Å²) in [6.45, 7) is 2.49. The van der Waals surface area contributed by atoms with Crippen LogP contribution in [0.25, 0.3) is 5.69 Å². The lowest BCUT2D eigenvalue weighted by molar-refractivity contribution is -0.128. The molecule has 2 heterocycles. The first-order valence-corrected chi connectivity index (χ1v) is 8.34. The Labute approximate surface area is 146 Å². The van der Waals surface area contributed by atoms with Gasteiger partial charge in [-0.1, -0.05) is 42.5 Å². The van der Waals surface area contributed by atoms with Crippen LogP contribution in [0.4, 0.5) is 5.69 Å². The summed E-state index contributed by atoms with van der Waals surface area (Å²) in [7, 11) is 0. The van der Waals surface area contributed by atoms with Crippen molar-refractivity contribution in [3.05, 3.63) is 77.6 Å². The zero-order chi connectivity index (χ0) is 17.2.